The highest BCUT2D eigenvalue weighted by Gasteiger charge is 2.28. The molecule has 25 heavy (non-hydrogen) atoms. The molecule has 0 aromatic heterocycles. The van der Waals surface area contributed by atoms with E-state index in [4.69, 9.17) is 18.9 Å². The Labute approximate surface area is 146 Å². The number of carbonyl (C=O) groups excluding carboxylic acids is 1. The van der Waals surface area contributed by atoms with Crippen molar-refractivity contribution >= 4 is 5.97 Å². The number of methoxy groups -OCH3 is 2. The van der Waals surface area contributed by atoms with Crippen LogP contribution in [0, 0.1) is 5.92 Å². The van der Waals surface area contributed by atoms with Gasteiger partial charge >= 0.3 is 5.97 Å². The molecule has 0 unspecified atom stereocenters. The third kappa shape index (κ3) is 2.80. The van der Waals surface area contributed by atoms with Crippen molar-refractivity contribution in [3.63, 3.8) is 0 Å². The first-order chi connectivity index (χ1) is 12.2. The van der Waals surface area contributed by atoms with E-state index in [2.05, 4.69) is 0 Å². The minimum absolute atomic E-state index is 0.273. The maximum Gasteiger partial charge on any atom is 0.338 e. The quantitative estimate of drug-likeness (QED) is 0.750. The maximum atomic E-state index is 11.9. The van der Waals surface area contributed by atoms with Crippen LogP contribution < -0.4 is 14.2 Å². The first-order valence-corrected chi connectivity index (χ1v) is 8.23. The molecule has 1 saturated carbocycles. The van der Waals surface area contributed by atoms with E-state index in [1.807, 2.05) is 24.3 Å². The Morgan fingerprint density at radius 1 is 0.960 bits per heavy atom. The Morgan fingerprint density at radius 3 is 2.48 bits per heavy atom. The van der Waals surface area contributed by atoms with Gasteiger partial charge in [-0.2, -0.15) is 0 Å². The van der Waals surface area contributed by atoms with Gasteiger partial charge in [0.1, 0.15) is 6.61 Å². The fourth-order valence-corrected chi connectivity index (χ4v) is 3.06. The second kappa shape index (κ2) is 6.31. The van der Waals surface area contributed by atoms with E-state index >= 15 is 0 Å². The van der Waals surface area contributed by atoms with Crippen LogP contribution in [-0.4, -0.2) is 26.8 Å². The summed E-state index contributed by atoms with van der Waals surface area (Å²) in [4.78, 5) is 11.9. The molecule has 0 saturated heterocycles. The van der Waals surface area contributed by atoms with E-state index in [0.29, 0.717) is 29.4 Å². The summed E-state index contributed by atoms with van der Waals surface area (Å²) in [5.41, 5.74) is 3.27. The zero-order valence-corrected chi connectivity index (χ0v) is 14.3. The summed E-state index contributed by atoms with van der Waals surface area (Å²) in [7, 11) is 3.20. The lowest BCUT2D eigenvalue weighted by Gasteiger charge is -2.18. The van der Waals surface area contributed by atoms with E-state index in [1.54, 1.807) is 20.3 Å². The van der Waals surface area contributed by atoms with Crippen LogP contribution in [0.3, 0.4) is 0 Å². The van der Waals surface area contributed by atoms with Crippen molar-refractivity contribution in [1.82, 2.24) is 0 Å². The predicted octanol–water partition coefficient (Wildman–Crippen LogP) is 3.79. The van der Waals surface area contributed by atoms with E-state index in [-0.39, 0.29) is 12.6 Å². The minimum atomic E-state index is -0.284. The molecule has 129 valence electrons. The molecule has 2 aromatic rings. The predicted molar refractivity (Wildman–Crippen MR) is 92.1 cm³/mol. The fourth-order valence-electron chi connectivity index (χ4n) is 3.06. The third-order valence-electron chi connectivity index (χ3n) is 4.56. The number of esters is 1. The van der Waals surface area contributed by atoms with E-state index in [1.165, 1.54) is 5.92 Å². The molecule has 1 heterocycles. The lowest BCUT2D eigenvalue weighted by atomic mass is 9.95. The van der Waals surface area contributed by atoms with Crippen LogP contribution in [0.4, 0.5) is 0 Å². The molecule has 0 amide bonds. The number of ether oxygens (including phenoxy) is 4. The van der Waals surface area contributed by atoms with Gasteiger partial charge in [0.25, 0.3) is 0 Å². The average molecular weight is 339 g/mol. The molecule has 5 nitrogen and oxygen atoms in total. The monoisotopic (exact) mass is 339 g/mol. The van der Waals surface area contributed by atoms with Crippen molar-refractivity contribution in [2.24, 2.45) is 0 Å². The molecule has 0 N–H and O–H groups in total. The number of hydrogen-bond donors (Lipinski definition) is 0. The summed E-state index contributed by atoms with van der Waals surface area (Å²) < 4.78 is 22.3. The number of cyclic esters (lactones) is 1. The van der Waals surface area contributed by atoms with Gasteiger partial charge in [0.2, 0.25) is 5.75 Å². The van der Waals surface area contributed by atoms with Gasteiger partial charge in [-0.05, 0) is 36.6 Å². The van der Waals surface area contributed by atoms with Crippen LogP contribution in [0.15, 0.2) is 30.3 Å². The number of rotatable bonds is 6. The molecule has 1 aliphatic carbocycles. The number of fused-ring (bicyclic) bond motifs is 1. The van der Waals surface area contributed by atoms with Crippen LogP contribution in [0.1, 0.15) is 28.8 Å². The standard InChI is InChI=1S/C20H19O5/c1-22-17-9-8-14(18(19(17)23-2)24-10-12-6-7-12)13-4-3-5-15-16(13)11-25-20(15)21/h3-5,8-9H,6-7,10-11H2,1-2H3. The molecule has 1 aliphatic heterocycles. The van der Waals surface area contributed by atoms with Crippen LogP contribution in [0.25, 0.3) is 11.1 Å². The van der Waals surface area contributed by atoms with Gasteiger partial charge in [0.15, 0.2) is 11.5 Å². The van der Waals surface area contributed by atoms with Crippen LogP contribution in [0.2, 0.25) is 0 Å². The van der Waals surface area contributed by atoms with Gasteiger partial charge in [-0.25, -0.2) is 4.79 Å². The second-order valence-electron chi connectivity index (χ2n) is 6.12. The van der Waals surface area contributed by atoms with Crippen molar-refractivity contribution < 1.29 is 23.7 Å². The number of benzene rings is 2. The van der Waals surface area contributed by atoms with Gasteiger partial charge in [-0.3, -0.25) is 0 Å². The van der Waals surface area contributed by atoms with Crippen molar-refractivity contribution in [1.29, 1.82) is 0 Å². The molecule has 0 spiro atoms. The maximum absolute atomic E-state index is 11.9. The Balaban J connectivity index is 1.85. The zero-order valence-electron chi connectivity index (χ0n) is 14.3. The Hall–Kier alpha value is -2.69. The first kappa shape index (κ1) is 15.8. The smallest absolute Gasteiger partial charge is 0.338 e. The molecule has 5 heteroatoms. The normalized spacial score (nSPS) is 15.5. The third-order valence-corrected chi connectivity index (χ3v) is 4.56. The van der Waals surface area contributed by atoms with E-state index in [9.17, 15) is 4.79 Å². The highest BCUT2D eigenvalue weighted by Crippen LogP contribution is 2.47. The topological polar surface area (TPSA) is 54.0 Å². The van der Waals surface area contributed by atoms with Gasteiger partial charge < -0.3 is 18.9 Å². The zero-order chi connectivity index (χ0) is 17.4. The summed E-state index contributed by atoms with van der Waals surface area (Å²) in [5.74, 6) is 2.90. The van der Waals surface area contributed by atoms with Gasteiger partial charge in [-0.15, -0.1) is 0 Å². The lowest BCUT2D eigenvalue weighted by Crippen LogP contribution is -2.04. The van der Waals surface area contributed by atoms with Crippen molar-refractivity contribution in [2.45, 2.75) is 19.4 Å². The Bertz CT molecular complexity index is 823. The SMILES string of the molecule is COc1ccc(-c2cccc3c2COC3=O)c(OC[C]2CC2)c1OC. The molecule has 4 rings (SSSR count). The highest BCUT2D eigenvalue weighted by molar-refractivity contribution is 5.96. The number of carbonyl (C=O) groups is 1. The average Bonchev–Trinajstić information content (AvgIpc) is 3.40. The first-order valence-electron chi connectivity index (χ1n) is 8.23. The van der Waals surface area contributed by atoms with E-state index in [0.717, 1.165) is 29.5 Å². The van der Waals surface area contributed by atoms with Crippen molar-refractivity contribution in [3.05, 3.63) is 47.4 Å². The molecule has 1 fully saturated rings. The van der Waals surface area contributed by atoms with Gasteiger partial charge in [0.05, 0.1) is 26.4 Å². The second-order valence-corrected chi connectivity index (χ2v) is 6.12. The van der Waals surface area contributed by atoms with E-state index < -0.39 is 0 Å². The molecular weight excluding hydrogens is 320 g/mol. The molecule has 0 atom stereocenters. The van der Waals surface area contributed by atoms with Gasteiger partial charge in [-0.1, -0.05) is 12.1 Å². The summed E-state index contributed by atoms with van der Waals surface area (Å²) in [6.07, 6.45) is 2.23. The molecule has 2 aliphatic rings. The molecular formula is C20H19O5. The molecule has 1 radical (unpaired) electrons. The number of hydrogen-bond acceptors (Lipinski definition) is 5. The summed E-state index contributed by atoms with van der Waals surface area (Å²) in [5, 5.41) is 0. The lowest BCUT2D eigenvalue weighted by molar-refractivity contribution is 0.0535. The highest BCUT2D eigenvalue weighted by atomic mass is 16.5. The van der Waals surface area contributed by atoms with Crippen LogP contribution >= 0.6 is 0 Å². The summed E-state index contributed by atoms with van der Waals surface area (Å²) >= 11 is 0. The Morgan fingerprint density at radius 2 is 1.76 bits per heavy atom. The van der Waals surface area contributed by atoms with Crippen molar-refractivity contribution in [2.75, 3.05) is 20.8 Å². The van der Waals surface area contributed by atoms with Gasteiger partial charge in [0, 0.05) is 17.0 Å². The van der Waals surface area contributed by atoms with Crippen LogP contribution in [0.5, 0.6) is 17.2 Å². The minimum Gasteiger partial charge on any atom is -0.493 e. The Kier molecular flexibility index (Phi) is 3.99. The molecule has 0 bridgehead atoms. The fraction of sp³-hybridized carbons (Fsp3) is 0.300. The summed E-state index contributed by atoms with van der Waals surface area (Å²) in [6, 6.07) is 9.40. The van der Waals surface area contributed by atoms with Crippen molar-refractivity contribution in [3.8, 4) is 28.4 Å². The van der Waals surface area contributed by atoms with Crippen LogP contribution in [-0.2, 0) is 11.3 Å². The summed E-state index contributed by atoms with van der Waals surface area (Å²) in [6.45, 7) is 0.844. The largest absolute Gasteiger partial charge is 0.493 e. The molecule has 2 aromatic carbocycles.